The molecule has 0 fully saturated rings. The number of rotatable bonds is 4. The zero-order valence-electron chi connectivity index (χ0n) is 9.39. The van der Waals surface area contributed by atoms with Crippen LogP contribution in [0.2, 0.25) is 5.02 Å². The van der Waals surface area contributed by atoms with Crippen LogP contribution >= 0.6 is 11.6 Å². The summed E-state index contributed by atoms with van der Waals surface area (Å²) in [5.74, 6) is -1.42. The highest BCUT2D eigenvalue weighted by Crippen LogP contribution is 2.20. The normalized spacial score (nSPS) is 10.5. The highest BCUT2D eigenvalue weighted by Gasteiger charge is 2.07. The summed E-state index contributed by atoms with van der Waals surface area (Å²) < 4.78 is 1.72. The maximum absolute atomic E-state index is 11.5. The van der Waals surface area contributed by atoms with Crippen LogP contribution in [0.15, 0.2) is 30.5 Å². The molecular formula is C12H11ClN2O3. The standard InChI is InChI=1S/C12H11ClN2O3/c13-9-2-1-8-3-4-15(10(8)5-9)7-11(16)14-6-12(17)18/h1-5H,6-7H2,(H,14,16)(H,17,18). The van der Waals surface area contributed by atoms with Crippen molar-refractivity contribution in [2.24, 2.45) is 0 Å². The molecule has 0 aliphatic rings. The fourth-order valence-electron chi connectivity index (χ4n) is 1.68. The number of carboxylic acids is 1. The Kier molecular flexibility index (Phi) is 3.53. The average molecular weight is 267 g/mol. The number of amides is 1. The van der Waals surface area contributed by atoms with E-state index in [1.165, 1.54) is 0 Å². The molecule has 0 spiro atoms. The minimum absolute atomic E-state index is 0.0666. The van der Waals surface area contributed by atoms with Crippen LogP contribution in [0.3, 0.4) is 0 Å². The molecule has 0 unspecified atom stereocenters. The molecule has 0 aliphatic heterocycles. The quantitative estimate of drug-likeness (QED) is 0.881. The van der Waals surface area contributed by atoms with Gasteiger partial charge in [-0.25, -0.2) is 0 Å². The summed E-state index contributed by atoms with van der Waals surface area (Å²) in [5.41, 5.74) is 0.841. The fourth-order valence-corrected chi connectivity index (χ4v) is 1.85. The van der Waals surface area contributed by atoms with Gasteiger partial charge in [0.25, 0.3) is 0 Å². The zero-order chi connectivity index (χ0) is 13.1. The van der Waals surface area contributed by atoms with E-state index in [2.05, 4.69) is 5.32 Å². The molecule has 0 aliphatic carbocycles. The van der Waals surface area contributed by atoms with Gasteiger partial charge < -0.3 is 15.0 Å². The van der Waals surface area contributed by atoms with E-state index in [1.54, 1.807) is 22.9 Å². The number of nitrogens with zero attached hydrogens (tertiary/aromatic N) is 1. The lowest BCUT2D eigenvalue weighted by molar-refractivity contribution is -0.138. The fraction of sp³-hybridized carbons (Fsp3) is 0.167. The van der Waals surface area contributed by atoms with Crippen molar-refractivity contribution < 1.29 is 14.7 Å². The van der Waals surface area contributed by atoms with Crippen LogP contribution in [0.25, 0.3) is 10.9 Å². The number of hydrogen-bond donors (Lipinski definition) is 2. The molecule has 1 amide bonds. The molecule has 0 radical (unpaired) electrons. The molecule has 0 atom stereocenters. The molecule has 1 aromatic heterocycles. The van der Waals surface area contributed by atoms with Gasteiger partial charge in [0.1, 0.15) is 13.1 Å². The third-order valence-corrected chi connectivity index (χ3v) is 2.72. The van der Waals surface area contributed by atoms with E-state index >= 15 is 0 Å². The summed E-state index contributed by atoms with van der Waals surface area (Å²) in [5, 5.41) is 12.3. The van der Waals surface area contributed by atoms with Crippen LogP contribution in [-0.2, 0) is 16.1 Å². The first-order chi connectivity index (χ1) is 8.56. The van der Waals surface area contributed by atoms with E-state index in [0.717, 1.165) is 10.9 Å². The van der Waals surface area contributed by atoms with Gasteiger partial charge in [-0.2, -0.15) is 0 Å². The van der Waals surface area contributed by atoms with Crippen molar-refractivity contribution in [3.63, 3.8) is 0 Å². The number of aromatic nitrogens is 1. The van der Waals surface area contributed by atoms with Gasteiger partial charge in [0.15, 0.2) is 0 Å². The highest BCUT2D eigenvalue weighted by molar-refractivity contribution is 6.31. The van der Waals surface area contributed by atoms with E-state index < -0.39 is 5.97 Å². The van der Waals surface area contributed by atoms with Gasteiger partial charge in [0.05, 0.1) is 0 Å². The first-order valence-electron chi connectivity index (χ1n) is 5.29. The van der Waals surface area contributed by atoms with E-state index in [0.29, 0.717) is 5.02 Å². The van der Waals surface area contributed by atoms with Gasteiger partial charge >= 0.3 is 5.97 Å². The Morgan fingerprint density at radius 1 is 1.33 bits per heavy atom. The number of aliphatic carboxylic acids is 1. The van der Waals surface area contributed by atoms with Gasteiger partial charge in [-0.3, -0.25) is 9.59 Å². The van der Waals surface area contributed by atoms with Crippen LogP contribution in [0.5, 0.6) is 0 Å². The molecule has 2 N–H and O–H groups in total. The van der Waals surface area contributed by atoms with Gasteiger partial charge in [0, 0.05) is 16.7 Å². The van der Waals surface area contributed by atoms with Crippen molar-refractivity contribution in [1.29, 1.82) is 0 Å². The smallest absolute Gasteiger partial charge is 0.322 e. The third kappa shape index (κ3) is 2.81. The largest absolute Gasteiger partial charge is 0.480 e. The number of carbonyl (C=O) groups is 2. The minimum Gasteiger partial charge on any atom is -0.480 e. The molecule has 2 rings (SSSR count). The Labute approximate surface area is 108 Å². The van der Waals surface area contributed by atoms with Crippen molar-refractivity contribution in [2.75, 3.05) is 6.54 Å². The second-order valence-electron chi connectivity index (χ2n) is 3.82. The molecular weight excluding hydrogens is 256 g/mol. The first-order valence-corrected chi connectivity index (χ1v) is 5.67. The topological polar surface area (TPSA) is 71.3 Å². The monoisotopic (exact) mass is 266 g/mol. The maximum Gasteiger partial charge on any atom is 0.322 e. The molecule has 1 aromatic carbocycles. The molecule has 0 saturated carbocycles. The van der Waals surface area contributed by atoms with E-state index in [-0.39, 0.29) is 19.0 Å². The van der Waals surface area contributed by atoms with Crippen molar-refractivity contribution in [3.8, 4) is 0 Å². The van der Waals surface area contributed by atoms with Crippen molar-refractivity contribution in [3.05, 3.63) is 35.5 Å². The third-order valence-electron chi connectivity index (χ3n) is 2.49. The predicted octanol–water partition coefficient (Wildman–Crippen LogP) is 1.50. The van der Waals surface area contributed by atoms with E-state index in [4.69, 9.17) is 16.7 Å². The van der Waals surface area contributed by atoms with Crippen molar-refractivity contribution in [1.82, 2.24) is 9.88 Å². The number of fused-ring (bicyclic) bond motifs is 1. The Morgan fingerprint density at radius 3 is 2.83 bits per heavy atom. The number of halogens is 1. The zero-order valence-corrected chi connectivity index (χ0v) is 10.1. The number of nitrogens with one attached hydrogen (secondary N) is 1. The second-order valence-corrected chi connectivity index (χ2v) is 4.25. The Balaban J connectivity index is 2.14. The Bertz CT molecular complexity index is 606. The predicted molar refractivity (Wildman–Crippen MR) is 67.6 cm³/mol. The second kappa shape index (κ2) is 5.10. The summed E-state index contributed by atoms with van der Waals surface area (Å²) in [6, 6.07) is 7.28. The van der Waals surface area contributed by atoms with Crippen LogP contribution < -0.4 is 5.32 Å². The molecule has 0 saturated heterocycles. The summed E-state index contributed by atoms with van der Waals surface area (Å²) in [7, 11) is 0. The number of benzene rings is 1. The molecule has 94 valence electrons. The summed E-state index contributed by atoms with van der Waals surface area (Å²) >= 11 is 5.90. The van der Waals surface area contributed by atoms with Gasteiger partial charge in [0.2, 0.25) is 5.91 Å². The maximum atomic E-state index is 11.5. The molecule has 0 bridgehead atoms. The first kappa shape index (κ1) is 12.4. The van der Waals surface area contributed by atoms with Crippen LogP contribution in [0, 0.1) is 0 Å². The summed E-state index contributed by atoms with van der Waals surface area (Å²) in [4.78, 5) is 21.8. The highest BCUT2D eigenvalue weighted by atomic mass is 35.5. The lowest BCUT2D eigenvalue weighted by Crippen LogP contribution is -2.31. The number of carbonyl (C=O) groups excluding carboxylic acids is 1. The van der Waals surface area contributed by atoms with Crippen molar-refractivity contribution >= 4 is 34.4 Å². The van der Waals surface area contributed by atoms with Gasteiger partial charge in [-0.1, -0.05) is 17.7 Å². The van der Waals surface area contributed by atoms with E-state index in [9.17, 15) is 9.59 Å². The lowest BCUT2D eigenvalue weighted by Gasteiger charge is -2.05. The number of hydrogen-bond acceptors (Lipinski definition) is 2. The molecule has 6 heteroatoms. The van der Waals surface area contributed by atoms with E-state index in [1.807, 2.05) is 12.1 Å². The molecule has 1 heterocycles. The van der Waals surface area contributed by atoms with Crippen LogP contribution in [-0.4, -0.2) is 28.1 Å². The summed E-state index contributed by atoms with van der Waals surface area (Å²) in [6.07, 6.45) is 1.77. The summed E-state index contributed by atoms with van der Waals surface area (Å²) in [6.45, 7) is -0.310. The van der Waals surface area contributed by atoms with Crippen molar-refractivity contribution in [2.45, 2.75) is 6.54 Å². The van der Waals surface area contributed by atoms with Crippen LogP contribution in [0.4, 0.5) is 0 Å². The average Bonchev–Trinajstić information content (AvgIpc) is 2.69. The Hall–Kier alpha value is -2.01. The lowest BCUT2D eigenvalue weighted by atomic mass is 10.2. The minimum atomic E-state index is -1.07. The molecule has 2 aromatic rings. The Morgan fingerprint density at radius 2 is 2.11 bits per heavy atom. The van der Waals surface area contributed by atoms with Gasteiger partial charge in [-0.15, -0.1) is 0 Å². The number of carboxylic acid groups (broad SMARTS) is 1. The molecule has 18 heavy (non-hydrogen) atoms. The van der Waals surface area contributed by atoms with Crippen LogP contribution in [0.1, 0.15) is 0 Å². The van der Waals surface area contributed by atoms with Gasteiger partial charge in [-0.05, 0) is 23.6 Å². The molecule has 5 nitrogen and oxygen atoms in total. The SMILES string of the molecule is O=C(O)CNC(=O)Cn1ccc2ccc(Cl)cc21.